The molecular formula is C22H21ClN2O3. The lowest BCUT2D eigenvalue weighted by molar-refractivity contribution is -0.131. The van der Waals surface area contributed by atoms with Crippen LogP contribution in [0.5, 0.6) is 0 Å². The predicted octanol–water partition coefficient (Wildman–Crippen LogP) is 3.53. The zero-order valence-corrected chi connectivity index (χ0v) is 16.1. The Morgan fingerprint density at radius 2 is 1.68 bits per heavy atom. The predicted molar refractivity (Wildman–Crippen MR) is 110 cm³/mol. The van der Waals surface area contributed by atoms with Crippen molar-refractivity contribution in [1.82, 2.24) is 10.2 Å². The lowest BCUT2D eigenvalue weighted by atomic mass is 10.2. The Bertz CT molecular complexity index is 888. The third-order valence-corrected chi connectivity index (χ3v) is 4.58. The SMILES string of the molecule is O=C(N/C(=C/C=C/c1ccccc1)C(=O)N1CCOCC1)c1ccccc1Cl. The van der Waals surface area contributed by atoms with Crippen molar-refractivity contribution in [2.75, 3.05) is 26.3 Å². The Morgan fingerprint density at radius 3 is 2.39 bits per heavy atom. The van der Waals surface area contributed by atoms with Crippen LogP contribution in [0, 0.1) is 0 Å². The summed E-state index contributed by atoms with van der Waals surface area (Å²) in [6.45, 7) is 1.94. The summed E-state index contributed by atoms with van der Waals surface area (Å²) in [5.74, 6) is -0.673. The Kier molecular flexibility index (Phi) is 7.00. The van der Waals surface area contributed by atoms with Crippen LogP contribution in [0.25, 0.3) is 6.08 Å². The number of nitrogens with one attached hydrogen (secondary N) is 1. The third kappa shape index (κ3) is 5.31. The number of hydrogen-bond acceptors (Lipinski definition) is 3. The van der Waals surface area contributed by atoms with E-state index >= 15 is 0 Å². The van der Waals surface area contributed by atoms with Crippen LogP contribution in [0.2, 0.25) is 5.02 Å². The Labute approximate surface area is 169 Å². The molecular weight excluding hydrogens is 376 g/mol. The fourth-order valence-corrected chi connectivity index (χ4v) is 2.98. The van der Waals surface area contributed by atoms with Gasteiger partial charge in [0.1, 0.15) is 5.70 Å². The molecule has 28 heavy (non-hydrogen) atoms. The van der Waals surface area contributed by atoms with Gasteiger partial charge >= 0.3 is 0 Å². The maximum atomic E-state index is 12.9. The van der Waals surface area contributed by atoms with Gasteiger partial charge in [-0.2, -0.15) is 0 Å². The topological polar surface area (TPSA) is 58.6 Å². The van der Waals surface area contributed by atoms with E-state index in [1.807, 2.05) is 36.4 Å². The number of nitrogens with zero attached hydrogens (tertiary/aromatic N) is 1. The first-order valence-corrected chi connectivity index (χ1v) is 9.39. The largest absolute Gasteiger partial charge is 0.378 e. The van der Waals surface area contributed by atoms with Gasteiger partial charge in [0, 0.05) is 13.1 Å². The summed E-state index contributed by atoms with van der Waals surface area (Å²) in [7, 11) is 0. The zero-order valence-electron chi connectivity index (χ0n) is 15.3. The second kappa shape index (κ2) is 9.88. The highest BCUT2D eigenvalue weighted by Crippen LogP contribution is 2.15. The van der Waals surface area contributed by atoms with Crippen molar-refractivity contribution in [3.05, 3.63) is 88.6 Å². The maximum absolute atomic E-state index is 12.9. The number of benzene rings is 2. The number of ether oxygens (including phenoxy) is 1. The molecule has 1 fully saturated rings. The highest BCUT2D eigenvalue weighted by atomic mass is 35.5. The Balaban J connectivity index is 1.82. The van der Waals surface area contributed by atoms with Crippen LogP contribution in [-0.4, -0.2) is 43.0 Å². The summed E-state index contributed by atoms with van der Waals surface area (Å²) >= 11 is 6.11. The minimum absolute atomic E-state index is 0.194. The van der Waals surface area contributed by atoms with Gasteiger partial charge in [0.2, 0.25) is 0 Å². The van der Waals surface area contributed by atoms with Crippen LogP contribution in [0.3, 0.4) is 0 Å². The molecule has 0 spiro atoms. The Hall–Kier alpha value is -2.89. The van der Waals surface area contributed by atoms with E-state index in [0.29, 0.717) is 36.9 Å². The molecule has 1 aliphatic rings. The first kappa shape index (κ1) is 19.9. The molecule has 2 aromatic carbocycles. The van der Waals surface area contributed by atoms with E-state index in [9.17, 15) is 9.59 Å². The number of allylic oxidation sites excluding steroid dienone is 2. The number of halogens is 1. The van der Waals surface area contributed by atoms with Crippen LogP contribution in [-0.2, 0) is 9.53 Å². The van der Waals surface area contributed by atoms with E-state index in [2.05, 4.69) is 5.32 Å². The van der Waals surface area contributed by atoms with Crippen LogP contribution in [0.4, 0.5) is 0 Å². The molecule has 3 rings (SSSR count). The third-order valence-electron chi connectivity index (χ3n) is 4.25. The van der Waals surface area contributed by atoms with E-state index in [4.69, 9.17) is 16.3 Å². The highest BCUT2D eigenvalue weighted by molar-refractivity contribution is 6.34. The highest BCUT2D eigenvalue weighted by Gasteiger charge is 2.22. The molecule has 2 aromatic rings. The quantitative estimate of drug-likeness (QED) is 0.621. The zero-order chi connectivity index (χ0) is 19.8. The second-order valence-electron chi connectivity index (χ2n) is 6.19. The fraction of sp³-hybridized carbons (Fsp3) is 0.182. The van der Waals surface area contributed by atoms with E-state index in [-0.39, 0.29) is 11.6 Å². The smallest absolute Gasteiger partial charge is 0.270 e. The molecule has 1 saturated heterocycles. The van der Waals surface area contributed by atoms with Crippen LogP contribution in [0.15, 0.2) is 72.4 Å². The van der Waals surface area contributed by atoms with Crippen LogP contribution < -0.4 is 5.32 Å². The van der Waals surface area contributed by atoms with E-state index in [1.54, 1.807) is 41.3 Å². The normalized spacial score (nSPS) is 14.9. The average molecular weight is 397 g/mol. The molecule has 1 heterocycles. The summed E-state index contributed by atoms with van der Waals surface area (Å²) in [5.41, 5.74) is 1.50. The molecule has 2 amide bonds. The lowest BCUT2D eigenvalue weighted by Crippen LogP contribution is -2.44. The molecule has 0 radical (unpaired) electrons. The lowest BCUT2D eigenvalue weighted by Gasteiger charge is -2.27. The maximum Gasteiger partial charge on any atom is 0.270 e. The number of carbonyl (C=O) groups excluding carboxylic acids is 2. The monoisotopic (exact) mass is 396 g/mol. The second-order valence-corrected chi connectivity index (χ2v) is 6.60. The molecule has 144 valence electrons. The van der Waals surface area contributed by atoms with Crippen molar-refractivity contribution in [3.63, 3.8) is 0 Å². The van der Waals surface area contributed by atoms with Crippen molar-refractivity contribution in [2.24, 2.45) is 0 Å². The van der Waals surface area contributed by atoms with Crippen molar-refractivity contribution in [3.8, 4) is 0 Å². The summed E-state index contributed by atoms with van der Waals surface area (Å²) in [6, 6.07) is 16.4. The summed E-state index contributed by atoms with van der Waals surface area (Å²) in [5, 5.41) is 3.04. The first-order valence-electron chi connectivity index (χ1n) is 9.01. The summed E-state index contributed by atoms with van der Waals surface area (Å²) < 4.78 is 5.30. The molecule has 1 aliphatic heterocycles. The molecule has 0 unspecified atom stereocenters. The Morgan fingerprint density at radius 1 is 1.00 bits per heavy atom. The fourth-order valence-electron chi connectivity index (χ4n) is 2.76. The van der Waals surface area contributed by atoms with Gasteiger partial charge in [0.25, 0.3) is 11.8 Å². The molecule has 6 heteroatoms. The van der Waals surface area contributed by atoms with Crippen molar-refractivity contribution < 1.29 is 14.3 Å². The van der Waals surface area contributed by atoms with Gasteiger partial charge in [0.05, 0.1) is 23.8 Å². The van der Waals surface area contributed by atoms with Gasteiger partial charge in [0.15, 0.2) is 0 Å². The van der Waals surface area contributed by atoms with Crippen molar-refractivity contribution in [2.45, 2.75) is 0 Å². The first-order chi connectivity index (χ1) is 13.6. The van der Waals surface area contributed by atoms with E-state index < -0.39 is 5.91 Å². The molecule has 0 aromatic heterocycles. The van der Waals surface area contributed by atoms with Gasteiger partial charge in [-0.05, 0) is 23.8 Å². The minimum Gasteiger partial charge on any atom is -0.378 e. The van der Waals surface area contributed by atoms with Crippen molar-refractivity contribution >= 4 is 29.5 Å². The van der Waals surface area contributed by atoms with Gasteiger partial charge < -0.3 is 15.0 Å². The molecule has 5 nitrogen and oxygen atoms in total. The standard InChI is InChI=1S/C22H21ClN2O3/c23-19-11-5-4-10-18(19)21(26)24-20(22(27)25-13-15-28-16-14-25)12-6-9-17-7-2-1-3-8-17/h1-12H,13-16H2,(H,24,26)/b9-6+,20-12+. The molecule has 0 aliphatic carbocycles. The molecule has 0 saturated carbocycles. The number of rotatable bonds is 5. The van der Waals surface area contributed by atoms with Gasteiger partial charge in [-0.15, -0.1) is 0 Å². The molecule has 0 bridgehead atoms. The molecule has 1 N–H and O–H groups in total. The van der Waals surface area contributed by atoms with Gasteiger partial charge in [-0.1, -0.05) is 66.2 Å². The average Bonchev–Trinajstić information content (AvgIpc) is 2.74. The minimum atomic E-state index is -0.424. The van der Waals surface area contributed by atoms with E-state index in [0.717, 1.165) is 5.56 Å². The van der Waals surface area contributed by atoms with Crippen LogP contribution >= 0.6 is 11.6 Å². The van der Waals surface area contributed by atoms with Crippen LogP contribution in [0.1, 0.15) is 15.9 Å². The summed E-state index contributed by atoms with van der Waals surface area (Å²) in [6.07, 6.45) is 5.23. The number of hydrogen-bond donors (Lipinski definition) is 1. The van der Waals surface area contributed by atoms with Crippen molar-refractivity contribution in [1.29, 1.82) is 0 Å². The van der Waals surface area contributed by atoms with Gasteiger partial charge in [-0.25, -0.2) is 0 Å². The summed E-state index contributed by atoms with van der Waals surface area (Å²) in [4.78, 5) is 27.2. The number of carbonyl (C=O) groups is 2. The number of morpholine rings is 1. The number of amides is 2. The van der Waals surface area contributed by atoms with Gasteiger partial charge in [-0.3, -0.25) is 9.59 Å². The van der Waals surface area contributed by atoms with E-state index in [1.165, 1.54) is 0 Å². The molecule has 0 atom stereocenters.